The average molecular weight is 300 g/mol. The molecule has 1 aliphatic heterocycles. The zero-order valence-electron chi connectivity index (χ0n) is 9.87. The van der Waals surface area contributed by atoms with Crippen molar-refractivity contribution in [1.29, 1.82) is 0 Å². The molecule has 0 aliphatic carbocycles. The Kier molecular flexibility index (Phi) is 5.99. The molecular weight excluding hydrogens is 282 g/mol. The summed E-state index contributed by atoms with van der Waals surface area (Å²) in [5.41, 5.74) is 1.26. The van der Waals surface area contributed by atoms with Gasteiger partial charge in [0.1, 0.15) is 0 Å². The van der Waals surface area contributed by atoms with Gasteiger partial charge in [-0.25, -0.2) is 0 Å². The monoisotopic (exact) mass is 299 g/mol. The van der Waals surface area contributed by atoms with Crippen molar-refractivity contribution in [2.45, 2.75) is 20.3 Å². The summed E-state index contributed by atoms with van der Waals surface area (Å²) in [7, 11) is 0. The van der Waals surface area contributed by atoms with Crippen molar-refractivity contribution in [2.24, 2.45) is 0 Å². The van der Waals surface area contributed by atoms with E-state index in [0.717, 1.165) is 18.3 Å². The highest BCUT2D eigenvalue weighted by Crippen LogP contribution is 2.35. The topological polar surface area (TPSA) is 3.24 Å². The fourth-order valence-corrected chi connectivity index (χ4v) is 2.68. The SMILES string of the molecule is C=CC1=C(/C=C\CBr)N(CCC)C=C(C)S1. The van der Waals surface area contributed by atoms with Gasteiger partial charge in [-0.05, 0) is 19.4 Å². The molecule has 1 nitrogen and oxygen atoms in total. The minimum Gasteiger partial charge on any atom is -0.346 e. The summed E-state index contributed by atoms with van der Waals surface area (Å²) in [5, 5.41) is 0.883. The molecule has 0 aromatic heterocycles. The van der Waals surface area contributed by atoms with Crippen LogP contribution < -0.4 is 0 Å². The molecule has 1 aliphatic rings. The summed E-state index contributed by atoms with van der Waals surface area (Å²) >= 11 is 5.20. The van der Waals surface area contributed by atoms with Crippen molar-refractivity contribution in [3.63, 3.8) is 0 Å². The lowest BCUT2D eigenvalue weighted by molar-refractivity contribution is 0.471. The molecule has 0 aromatic carbocycles. The van der Waals surface area contributed by atoms with Gasteiger partial charge in [-0.1, -0.05) is 53.3 Å². The number of hydrogen-bond acceptors (Lipinski definition) is 2. The minimum absolute atomic E-state index is 0.883. The molecule has 1 heterocycles. The van der Waals surface area contributed by atoms with Gasteiger partial charge >= 0.3 is 0 Å². The maximum atomic E-state index is 3.89. The first kappa shape index (κ1) is 13.7. The molecule has 0 spiro atoms. The number of hydrogen-bond donors (Lipinski definition) is 0. The van der Waals surface area contributed by atoms with Crippen molar-refractivity contribution < 1.29 is 0 Å². The molecule has 0 saturated carbocycles. The van der Waals surface area contributed by atoms with Crippen LogP contribution in [0.1, 0.15) is 20.3 Å². The fraction of sp³-hybridized carbons (Fsp3) is 0.385. The third-order valence-corrected chi connectivity index (χ3v) is 3.58. The number of rotatable bonds is 5. The molecule has 0 radical (unpaired) electrons. The summed E-state index contributed by atoms with van der Waals surface area (Å²) in [6, 6.07) is 0. The van der Waals surface area contributed by atoms with Crippen LogP contribution in [-0.2, 0) is 0 Å². The number of thioether (sulfide) groups is 1. The van der Waals surface area contributed by atoms with E-state index in [1.54, 1.807) is 11.8 Å². The highest BCUT2D eigenvalue weighted by atomic mass is 79.9. The Morgan fingerprint density at radius 1 is 1.56 bits per heavy atom. The second kappa shape index (κ2) is 7.02. The number of allylic oxidation sites excluding steroid dienone is 4. The van der Waals surface area contributed by atoms with E-state index in [1.165, 1.54) is 15.5 Å². The molecule has 3 heteroatoms. The van der Waals surface area contributed by atoms with Crippen molar-refractivity contribution >= 4 is 27.7 Å². The van der Waals surface area contributed by atoms with Gasteiger partial charge in [-0.2, -0.15) is 0 Å². The Labute approximate surface area is 111 Å². The lowest BCUT2D eigenvalue weighted by atomic mass is 10.2. The predicted octanol–water partition coefficient (Wildman–Crippen LogP) is 4.66. The maximum Gasteiger partial charge on any atom is 0.0544 e. The van der Waals surface area contributed by atoms with E-state index in [0.29, 0.717) is 0 Å². The molecule has 0 bridgehead atoms. The van der Waals surface area contributed by atoms with E-state index >= 15 is 0 Å². The van der Waals surface area contributed by atoms with Gasteiger partial charge in [0.05, 0.1) is 5.70 Å². The van der Waals surface area contributed by atoms with Crippen LogP contribution in [0.15, 0.2) is 46.5 Å². The number of nitrogens with zero attached hydrogens (tertiary/aromatic N) is 1. The van der Waals surface area contributed by atoms with Crippen LogP contribution in [0.3, 0.4) is 0 Å². The average Bonchev–Trinajstić information content (AvgIpc) is 2.27. The molecule has 88 valence electrons. The molecule has 0 N–H and O–H groups in total. The maximum absolute atomic E-state index is 3.89. The normalized spacial score (nSPS) is 16.9. The Balaban J connectivity index is 2.99. The van der Waals surface area contributed by atoms with Gasteiger partial charge in [-0.15, -0.1) is 0 Å². The van der Waals surface area contributed by atoms with Crippen LogP contribution in [-0.4, -0.2) is 16.8 Å². The van der Waals surface area contributed by atoms with Crippen LogP contribution >= 0.6 is 27.7 Å². The number of alkyl halides is 1. The van der Waals surface area contributed by atoms with Gasteiger partial charge in [0.15, 0.2) is 0 Å². The molecule has 0 fully saturated rings. The summed E-state index contributed by atoms with van der Waals surface area (Å²) in [4.78, 5) is 4.87. The van der Waals surface area contributed by atoms with Crippen LogP contribution in [0.2, 0.25) is 0 Å². The Hall–Kier alpha value is -0.410. The molecule has 0 unspecified atom stereocenters. The molecule has 16 heavy (non-hydrogen) atoms. The van der Waals surface area contributed by atoms with Crippen LogP contribution in [0, 0.1) is 0 Å². The standard InChI is InChI=1S/C13H18BrNS/c1-4-9-15-10-11(3)16-13(5-2)12(15)7-6-8-14/h5-7,10H,2,4,8-9H2,1,3H3/b7-6-. The Morgan fingerprint density at radius 2 is 2.31 bits per heavy atom. The van der Waals surface area contributed by atoms with E-state index in [2.05, 4.69) is 59.6 Å². The summed E-state index contributed by atoms with van der Waals surface area (Å²) in [6.45, 7) is 9.29. The largest absolute Gasteiger partial charge is 0.346 e. The fourth-order valence-electron chi connectivity index (χ4n) is 1.59. The van der Waals surface area contributed by atoms with Crippen LogP contribution in [0.25, 0.3) is 0 Å². The first-order chi connectivity index (χ1) is 7.72. The zero-order chi connectivity index (χ0) is 12.0. The summed E-state index contributed by atoms with van der Waals surface area (Å²) < 4.78 is 0. The van der Waals surface area contributed by atoms with E-state index in [9.17, 15) is 0 Å². The van der Waals surface area contributed by atoms with Gasteiger partial charge < -0.3 is 4.90 Å². The minimum atomic E-state index is 0.883. The number of halogens is 1. The lowest BCUT2D eigenvalue weighted by Gasteiger charge is -2.28. The lowest BCUT2D eigenvalue weighted by Crippen LogP contribution is -2.20. The van der Waals surface area contributed by atoms with E-state index < -0.39 is 0 Å². The quantitative estimate of drug-likeness (QED) is 0.680. The van der Waals surface area contributed by atoms with Gasteiger partial charge in [-0.3, -0.25) is 0 Å². The van der Waals surface area contributed by atoms with Crippen molar-refractivity contribution in [3.8, 4) is 0 Å². The summed E-state index contributed by atoms with van der Waals surface area (Å²) in [6.07, 6.45) is 9.59. The third-order valence-electron chi connectivity index (χ3n) is 2.19. The molecule has 0 atom stereocenters. The molecule has 0 saturated heterocycles. The van der Waals surface area contributed by atoms with E-state index in [-0.39, 0.29) is 0 Å². The highest BCUT2D eigenvalue weighted by Gasteiger charge is 2.15. The first-order valence-corrected chi connectivity index (χ1v) is 7.38. The van der Waals surface area contributed by atoms with E-state index in [4.69, 9.17) is 0 Å². The second-order valence-electron chi connectivity index (χ2n) is 3.55. The molecule has 0 aromatic rings. The highest BCUT2D eigenvalue weighted by molar-refractivity contribution is 9.09. The van der Waals surface area contributed by atoms with Gasteiger partial charge in [0.2, 0.25) is 0 Å². The van der Waals surface area contributed by atoms with Crippen LogP contribution in [0.4, 0.5) is 0 Å². The zero-order valence-corrected chi connectivity index (χ0v) is 12.3. The van der Waals surface area contributed by atoms with Crippen molar-refractivity contribution in [2.75, 3.05) is 11.9 Å². The third kappa shape index (κ3) is 3.56. The molecular formula is C13H18BrNS. The van der Waals surface area contributed by atoms with Gasteiger partial charge in [0.25, 0.3) is 0 Å². The second-order valence-corrected chi connectivity index (χ2v) is 5.48. The smallest absolute Gasteiger partial charge is 0.0544 e. The van der Waals surface area contributed by atoms with Gasteiger partial charge in [0, 0.05) is 27.9 Å². The van der Waals surface area contributed by atoms with Crippen molar-refractivity contribution in [1.82, 2.24) is 4.90 Å². The predicted molar refractivity (Wildman–Crippen MR) is 78.5 cm³/mol. The Morgan fingerprint density at radius 3 is 2.88 bits per heavy atom. The van der Waals surface area contributed by atoms with E-state index in [1.807, 2.05) is 6.08 Å². The molecule has 1 rings (SSSR count). The Bertz CT molecular complexity index is 342. The first-order valence-electron chi connectivity index (χ1n) is 5.45. The molecule has 0 amide bonds. The summed E-state index contributed by atoms with van der Waals surface area (Å²) in [5.74, 6) is 0. The van der Waals surface area contributed by atoms with Crippen LogP contribution in [0.5, 0.6) is 0 Å². The van der Waals surface area contributed by atoms with Crippen molar-refractivity contribution in [3.05, 3.63) is 46.5 Å².